The van der Waals surface area contributed by atoms with Gasteiger partial charge in [-0.05, 0) is 72.5 Å². The second-order valence-electron chi connectivity index (χ2n) is 5.18. The summed E-state index contributed by atoms with van der Waals surface area (Å²) >= 11 is 2.23. The Morgan fingerprint density at radius 1 is 1.21 bits per heavy atom. The first kappa shape index (κ1) is 16.3. The zero-order valence-corrected chi connectivity index (χ0v) is 13.9. The van der Waals surface area contributed by atoms with E-state index >= 15 is 0 Å². The smallest absolute Gasteiger partial charge is 0.258 e. The highest BCUT2D eigenvalue weighted by atomic mass is 127. The molecule has 0 heterocycles. The first-order valence-electron chi connectivity index (χ1n) is 6.65. The van der Waals surface area contributed by atoms with Crippen LogP contribution in [0.2, 0.25) is 0 Å². The van der Waals surface area contributed by atoms with Crippen LogP contribution in [0, 0.1) is 9.49 Å². The molecule has 0 saturated heterocycles. The molecule has 0 aliphatic heterocycles. The average Bonchev–Trinajstić information content (AvgIpc) is 2.36. The number of rotatable bonds is 7. The minimum absolute atomic E-state index is 0.0604. The van der Waals surface area contributed by atoms with Crippen LogP contribution < -0.4 is 10.1 Å². The highest BCUT2D eigenvalue weighted by Crippen LogP contribution is 2.13. The van der Waals surface area contributed by atoms with Crippen molar-refractivity contribution in [1.82, 2.24) is 5.32 Å². The molecule has 1 N–H and O–H groups in total. The van der Waals surface area contributed by atoms with Crippen molar-refractivity contribution in [3.05, 3.63) is 27.8 Å². The summed E-state index contributed by atoms with van der Waals surface area (Å²) in [5.41, 5.74) is 0. The molecule has 0 bridgehead atoms. The lowest BCUT2D eigenvalue weighted by atomic mass is 10.0. The molecule has 1 amide bonds. The molecule has 0 spiro atoms. The van der Waals surface area contributed by atoms with Gasteiger partial charge in [0, 0.05) is 9.61 Å². The topological polar surface area (TPSA) is 38.3 Å². The van der Waals surface area contributed by atoms with Crippen LogP contribution in [0.3, 0.4) is 0 Å². The summed E-state index contributed by atoms with van der Waals surface area (Å²) in [6, 6.07) is 7.86. The predicted molar refractivity (Wildman–Crippen MR) is 86.3 cm³/mol. The highest BCUT2D eigenvalue weighted by molar-refractivity contribution is 14.1. The van der Waals surface area contributed by atoms with E-state index in [0.717, 1.165) is 22.2 Å². The third-order valence-corrected chi connectivity index (χ3v) is 3.49. The van der Waals surface area contributed by atoms with Gasteiger partial charge in [-0.15, -0.1) is 0 Å². The molecular formula is C15H22INO2. The number of nitrogens with one attached hydrogen (secondary N) is 1. The van der Waals surface area contributed by atoms with Crippen molar-refractivity contribution in [2.45, 2.75) is 39.7 Å². The molecule has 1 atom stereocenters. The summed E-state index contributed by atoms with van der Waals surface area (Å²) in [5, 5.41) is 2.95. The molecule has 0 aliphatic rings. The third kappa shape index (κ3) is 7.40. The van der Waals surface area contributed by atoms with E-state index < -0.39 is 0 Å². The van der Waals surface area contributed by atoms with Crippen molar-refractivity contribution >= 4 is 28.5 Å². The van der Waals surface area contributed by atoms with Gasteiger partial charge in [0.25, 0.3) is 5.91 Å². The van der Waals surface area contributed by atoms with Crippen LogP contribution in [0.5, 0.6) is 5.75 Å². The van der Waals surface area contributed by atoms with Crippen LogP contribution in [0.1, 0.15) is 33.6 Å². The molecule has 0 aliphatic carbocycles. The van der Waals surface area contributed by atoms with E-state index in [-0.39, 0.29) is 18.6 Å². The van der Waals surface area contributed by atoms with Crippen LogP contribution in [-0.4, -0.2) is 18.6 Å². The maximum absolute atomic E-state index is 11.7. The molecule has 0 saturated carbocycles. The molecule has 0 radical (unpaired) electrons. The molecule has 106 valence electrons. The zero-order chi connectivity index (χ0) is 14.3. The fourth-order valence-corrected chi connectivity index (χ4v) is 2.01. The van der Waals surface area contributed by atoms with Crippen LogP contribution in [0.25, 0.3) is 0 Å². The van der Waals surface area contributed by atoms with Gasteiger partial charge in [-0.25, -0.2) is 0 Å². The number of halogens is 1. The highest BCUT2D eigenvalue weighted by Gasteiger charge is 2.08. The SMILES string of the molecule is CC(C)CCC(C)NC(=O)COc1ccc(I)cc1. The fraction of sp³-hybridized carbons (Fsp3) is 0.533. The quantitative estimate of drug-likeness (QED) is 0.740. The predicted octanol–water partition coefficient (Wildman–Crippen LogP) is 3.61. The van der Waals surface area contributed by atoms with Crippen LogP contribution >= 0.6 is 22.6 Å². The van der Waals surface area contributed by atoms with Gasteiger partial charge < -0.3 is 10.1 Å². The summed E-state index contributed by atoms with van der Waals surface area (Å²) in [7, 11) is 0. The molecule has 1 unspecified atom stereocenters. The van der Waals surface area contributed by atoms with E-state index in [9.17, 15) is 4.79 Å². The minimum Gasteiger partial charge on any atom is -0.484 e. The Bertz CT molecular complexity index is 390. The average molecular weight is 375 g/mol. The Morgan fingerprint density at radius 2 is 1.84 bits per heavy atom. The normalized spacial score (nSPS) is 12.3. The van der Waals surface area contributed by atoms with Crippen LogP contribution in [0.15, 0.2) is 24.3 Å². The summed E-state index contributed by atoms with van der Waals surface area (Å²) in [6.45, 7) is 6.49. The first-order valence-corrected chi connectivity index (χ1v) is 7.73. The maximum atomic E-state index is 11.7. The van der Waals surface area contributed by atoms with Gasteiger partial charge in [0.1, 0.15) is 5.75 Å². The minimum atomic E-state index is -0.0604. The number of amides is 1. The summed E-state index contributed by atoms with van der Waals surface area (Å²) in [6.07, 6.45) is 2.13. The number of benzene rings is 1. The number of hydrogen-bond donors (Lipinski definition) is 1. The van der Waals surface area contributed by atoms with Gasteiger partial charge in [0.15, 0.2) is 6.61 Å². The number of carbonyl (C=O) groups excluding carboxylic acids is 1. The molecule has 0 aromatic heterocycles. The molecular weight excluding hydrogens is 353 g/mol. The number of ether oxygens (including phenoxy) is 1. The first-order chi connectivity index (χ1) is 8.97. The van der Waals surface area contributed by atoms with Crippen molar-refractivity contribution in [2.24, 2.45) is 5.92 Å². The van der Waals surface area contributed by atoms with Gasteiger partial charge in [-0.1, -0.05) is 13.8 Å². The Balaban J connectivity index is 2.25. The molecule has 19 heavy (non-hydrogen) atoms. The molecule has 4 heteroatoms. The summed E-state index contributed by atoms with van der Waals surface area (Å²) in [4.78, 5) is 11.7. The second kappa shape index (κ2) is 8.40. The van der Waals surface area contributed by atoms with E-state index in [1.807, 2.05) is 31.2 Å². The molecule has 0 fully saturated rings. The van der Waals surface area contributed by atoms with Crippen LogP contribution in [0.4, 0.5) is 0 Å². The Hall–Kier alpha value is -0.780. The van der Waals surface area contributed by atoms with Crippen molar-refractivity contribution in [3.63, 3.8) is 0 Å². The van der Waals surface area contributed by atoms with E-state index in [1.54, 1.807) is 0 Å². The van der Waals surface area contributed by atoms with Crippen molar-refractivity contribution < 1.29 is 9.53 Å². The van der Waals surface area contributed by atoms with E-state index in [2.05, 4.69) is 41.8 Å². The number of carbonyl (C=O) groups is 1. The second-order valence-corrected chi connectivity index (χ2v) is 6.43. The Morgan fingerprint density at radius 3 is 2.42 bits per heavy atom. The van der Waals surface area contributed by atoms with Crippen molar-refractivity contribution in [3.8, 4) is 5.75 Å². The molecule has 1 aromatic rings. The number of hydrogen-bond acceptors (Lipinski definition) is 2. The maximum Gasteiger partial charge on any atom is 0.258 e. The van der Waals surface area contributed by atoms with E-state index in [0.29, 0.717) is 5.92 Å². The lowest BCUT2D eigenvalue weighted by Gasteiger charge is -2.15. The van der Waals surface area contributed by atoms with Gasteiger partial charge in [0.05, 0.1) is 0 Å². The standard InChI is InChI=1S/C15H22INO2/c1-11(2)4-5-12(3)17-15(18)10-19-14-8-6-13(16)7-9-14/h6-9,11-12H,4-5,10H2,1-3H3,(H,17,18). The molecule has 1 aromatic carbocycles. The Labute approximate surface area is 129 Å². The monoisotopic (exact) mass is 375 g/mol. The molecule has 3 nitrogen and oxygen atoms in total. The van der Waals surface area contributed by atoms with Crippen molar-refractivity contribution in [2.75, 3.05) is 6.61 Å². The van der Waals surface area contributed by atoms with Gasteiger partial charge >= 0.3 is 0 Å². The van der Waals surface area contributed by atoms with E-state index in [4.69, 9.17) is 4.74 Å². The summed E-state index contributed by atoms with van der Waals surface area (Å²) in [5.74, 6) is 1.34. The third-order valence-electron chi connectivity index (χ3n) is 2.77. The lowest BCUT2D eigenvalue weighted by molar-refractivity contribution is -0.123. The van der Waals surface area contributed by atoms with Gasteiger partial charge in [0.2, 0.25) is 0 Å². The van der Waals surface area contributed by atoms with Crippen LogP contribution in [-0.2, 0) is 4.79 Å². The Kier molecular flexibility index (Phi) is 7.20. The summed E-state index contributed by atoms with van der Waals surface area (Å²) < 4.78 is 6.58. The van der Waals surface area contributed by atoms with Crippen molar-refractivity contribution in [1.29, 1.82) is 0 Å². The molecule has 1 rings (SSSR count). The van der Waals surface area contributed by atoms with Gasteiger partial charge in [-0.3, -0.25) is 4.79 Å². The largest absolute Gasteiger partial charge is 0.484 e. The zero-order valence-electron chi connectivity index (χ0n) is 11.8. The lowest BCUT2D eigenvalue weighted by Crippen LogP contribution is -2.36. The fourth-order valence-electron chi connectivity index (χ4n) is 1.65. The van der Waals surface area contributed by atoms with E-state index in [1.165, 1.54) is 0 Å². The van der Waals surface area contributed by atoms with Gasteiger partial charge in [-0.2, -0.15) is 0 Å².